The van der Waals surface area contributed by atoms with E-state index < -0.39 is 5.41 Å². The standard InChI is InChI=1S/C24H29N3O2/c1-24(2)18-26(16-19-7-4-3-5-8-19)17-20(23(24)28)15-21-9-6-10-22(25-21)27-11-13-29-14-12-27/h3-10,15H,11-14,16-18H2,1-2H3. The minimum Gasteiger partial charge on any atom is -0.378 e. The number of ketones is 1. The number of aromatic nitrogens is 1. The van der Waals surface area contributed by atoms with Crippen LogP contribution in [0.1, 0.15) is 25.1 Å². The third-order valence-electron chi connectivity index (χ3n) is 5.58. The van der Waals surface area contributed by atoms with Crippen molar-refractivity contribution in [1.29, 1.82) is 0 Å². The number of rotatable bonds is 4. The Kier molecular flexibility index (Phi) is 5.79. The molecule has 0 radical (unpaired) electrons. The highest BCUT2D eigenvalue weighted by molar-refractivity contribution is 6.04. The van der Waals surface area contributed by atoms with Crippen molar-refractivity contribution in [2.45, 2.75) is 20.4 Å². The maximum absolute atomic E-state index is 13.1. The van der Waals surface area contributed by atoms with Gasteiger partial charge in [0.15, 0.2) is 5.78 Å². The number of piperidine rings is 1. The number of carbonyl (C=O) groups excluding carboxylic acids is 1. The molecule has 0 amide bonds. The van der Waals surface area contributed by atoms with Gasteiger partial charge in [0, 0.05) is 43.7 Å². The normalized spacial score (nSPS) is 21.5. The first kappa shape index (κ1) is 19.8. The van der Waals surface area contributed by atoms with Crippen molar-refractivity contribution < 1.29 is 9.53 Å². The summed E-state index contributed by atoms with van der Waals surface area (Å²) in [5, 5.41) is 0. The van der Waals surface area contributed by atoms with Crippen LogP contribution in [0, 0.1) is 5.41 Å². The summed E-state index contributed by atoms with van der Waals surface area (Å²) in [6.07, 6.45) is 1.98. The average molecular weight is 392 g/mol. The molecule has 1 aromatic heterocycles. The minimum atomic E-state index is -0.402. The van der Waals surface area contributed by atoms with Crippen molar-refractivity contribution in [2.24, 2.45) is 5.41 Å². The zero-order chi connectivity index (χ0) is 20.3. The molecule has 2 fully saturated rings. The maximum Gasteiger partial charge on any atom is 0.167 e. The maximum atomic E-state index is 13.1. The quantitative estimate of drug-likeness (QED) is 0.748. The highest BCUT2D eigenvalue weighted by atomic mass is 16.5. The third-order valence-corrected chi connectivity index (χ3v) is 5.58. The summed E-state index contributed by atoms with van der Waals surface area (Å²) in [5.74, 6) is 1.17. The van der Waals surface area contributed by atoms with Crippen molar-refractivity contribution in [3.8, 4) is 0 Å². The zero-order valence-corrected chi connectivity index (χ0v) is 17.3. The van der Waals surface area contributed by atoms with Gasteiger partial charge >= 0.3 is 0 Å². The molecule has 3 heterocycles. The minimum absolute atomic E-state index is 0.223. The molecule has 0 saturated carbocycles. The number of carbonyl (C=O) groups is 1. The lowest BCUT2D eigenvalue weighted by molar-refractivity contribution is -0.126. The van der Waals surface area contributed by atoms with E-state index in [0.29, 0.717) is 6.54 Å². The monoisotopic (exact) mass is 391 g/mol. The lowest BCUT2D eigenvalue weighted by Crippen LogP contribution is -2.47. The molecule has 0 atom stereocenters. The summed E-state index contributed by atoms with van der Waals surface area (Å²) < 4.78 is 5.44. The molecule has 5 nitrogen and oxygen atoms in total. The number of morpholine rings is 1. The van der Waals surface area contributed by atoms with Gasteiger partial charge in [-0.2, -0.15) is 0 Å². The molecule has 0 aliphatic carbocycles. The van der Waals surface area contributed by atoms with Crippen molar-refractivity contribution >= 4 is 17.7 Å². The highest BCUT2D eigenvalue weighted by Gasteiger charge is 2.37. The molecule has 4 rings (SSSR count). The summed E-state index contributed by atoms with van der Waals surface area (Å²) in [5.41, 5.74) is 2.55. The van der Waals surface area contributed by atoms with Gasteiger partial charge in [0.25, 0.3) is 0 Å². The number of Topliss-reactive ketones (excluding diaryl/α,β-unsaturated/α-hetero) is 1. The molecular weight excluding hydrogens is 362 g/mol. The van der Waals surface area contributed by atoms with Crippen LogP contribution in [0.2, 0.25) is 0 Å². The smallest absolute Gasteiger partial charge is 0.167 e. The van der Waals surface area contributed by atoms with Gasteiger partial charge in [-0.15, -0.1) is 0 Å². The van der Waals surface area contributed by atoms with E-state index in [1.54, 1.807) is 0 Å². The second-order valence-corrected chi connectivity index (χ2v) is 8.53. The SMILES string of the molecule is CC1(C)CN(Cc2ccccc2)CC(=Cc2cccc(N3CCOCC3)n2)C1=O. The fraction of sp³-hybridized carbons (Fsp3) is 0.417. The summed E-state index contributed by atoms with van der Waals surface area (Å²) in [6, 6.07) is 16.5. The Bertz CT molecular complexity index is 886. The Morgan fingerprint density at radius 2 is 1.83 bits per heavy atom. The Labute approximate surface area is 173 Å². The van der Waals surface area contributed by atoms with E-state index in [2.05, 4.69) is 34.1 Å². The van der Waals surface area contributed by atoms with Crippen LogP contribution in [-0.4, -0.2) is 55.1 Å². The molecule has 0 N–H and O–H groups in total. The van der Waals surface area contributed by atoms with Gasteiger partial charge in [0.1, 0.15) is 5.82 Å². The first-order valence-electron chi connectivity index (χ1n) is 10.3. The lowest BCUT2D eigenvalue weighted by atomic mass is 9.79. The van der Waals surface area contributed by atoms with Crippen molar-refractivity contribution in [3.05, 3.63) is 65.4 Å². The van der Waals surface area contributed by atoms with Crippen molar-refractivity contribution in [1.82, 2.24) is 9.88 Å². The highest BCUT2D eigenvalue weighted by Crippen LogP contribution is 2.30. The molecule has 1 aromatic carbocycles. The van der Waals surface area contributed by atoms with E-state index in [-0.39, 0.29) is 5.78 Å². The summed E-state index contributed by atoms with van der Waals surface area (Å²) >= 11 is 0. The second kappa shape index (κ2) is 8.47. The zero-order valence-electron chi connectivity index (χ0n) is 17.3. The first-order valence-corrected chi connectivity index (χ1v) is 10.3. The van der Waals surface area contributed by atoms with E-state index in [0.717, 1.165) is 56.5 Å². The van der Waals surface area contributed by atoms with Gasteiger partial charge in [-0.3, -0.25) is 9.69 Å². The van der Waals surface area contributed by atoms with E-state index in [1.165, 1.54) is 5.56 Å². The molecule has 0 bridgehead atoms. The number of likely N-dealkylation sites (tertiary alicyclic amines) is 1. The Balaban J connectivity index is 1.56. The van der Waals surface area contributed by atoms with Crippen LogP contribution in [0.25, 0.3) is 6.08 Å². The molecule has 0 spiro atoms. The molecular formula is C24H29N3O2. The number of anilines is 1. The van der Waals surface area contributed by atoms with Gasteiger partial charge in [-0.05, 0) is 23.8 Å². The van der Waals surface area contributed by atoms with E-state index in [1.807, 2.05) is 44.2 Å². The van der Waals surface area contributed by atoms with Crippen molar-refractivity contribution in [2.75, 3.05) is 44.3 Å². The number of pyridine rings is 1. The van der Waals surface area contributed by atoms with Crippen LogP contribution in [0.5, 0.6) is 0 Å². The van der Waals surface area contributed by atoms with Gasteiger partial charge in [0.2, 0.25) is 0 Å². The molecule has 152 valence electrons. The largest absolute Gasteiger partial charge is 0.378 e. The van der Waals surface area contributed by atoms with Gasteiger partial charge in [-0.1, -0.05) is 50.2 Å². The number of benzene rings is 1. The number of ether oxygens (including phenoxy) is 1. The van der Waals surface area contributed by atoms with E-state index in [9.17, 15) is 4.79 Å². The van der Waals surface area contributed by atoms with Crippen LogP contribution in [0.15, 0.2) is 54.1 Å². The van der Waals surface area contributed by atoms with Gasteiger partial charge < -0.3 is 9.64 Å². The third kappa shape index (κ3) is 4.74. The Hall–Kier alpha value is -2.50. The van der Waals surface area contributed by atoms with Gasteiger partial charge in [0.05, 0.1) is 18.9 Å². The average Bonchev–Trinajstić information content (AvgIpc) is 2.73. The molecule has 2 aliphatic rings. The molecule has 2 saturated heterocycles. The Morgan fingerprint density at radius 3 is 2.59 bits per heavy atom. The molecule has 29 heavy (non-hydrogen) atoms. The molecule has 0 unspecified atom stereocenters. The van der Waals surface area contributed by atoms with Gasteiger partial charge in [-0.25, -0.2) is 4.98 Å². The first-order chi connectivity index (χ1) is 14.0. The molecule has 2 aromatic rings. The van der Waals surface area contributed by atoms with Crippen LogP contribution in [0.3, 0.4) is 0 Å². The van der Waals surface area contributed by atoms with E-state index >= 15 is 0 Å². The molecule has 5 heteroatoms. The number of nitrogens with zero attached hydrogens (tertiary/aromatic N) is 3. The van der Waals surface area contributed by atoms with E-state index in [4.69, 9.17) is 9.72 Å². The topological polar surface area (TPSA) is 45.7 Å². The summed E-state index contributed by atoms with van der Waals surface area (Å²) in [7, 11) is 0. The number of hydrogen-bond donors (Lipinski definition) is 0. The predicted molar refractivity (Wildman–Crippen MR) is 116 cm³/mol. The number of hydrogen-bond acceptors (Lipinski definition) is 5. The lowest BCUT2D eigenvalue weighted by Gasteiger charge is -2.38. The predicted octanol–water partition coefficient (Wildman–Crippen LogP) is 3.41. The Morgan fingerprint density at radius 1 is 1.07 bits per heavy atom. The summed E-state index contributed by atoms with van der Waals surface area (Å²) in [4.78, 5) is 22.5. The fourth-order valence-electron chi connectivity index (χ4n) is 4.17. The second-order valence-electron chi connectivity index (χ2n) is 8.53. The van der Waals surface area contributed by atoms with Crippen LogP contribution in [-0.2, 0) is 16.1 Å². The van der Waals surface area contributed by atoms with Crippen molar-refractivity contribution in [3.63, 3.8) is 0 Å². The summed E-state index contributed by atoms with van der Waals surface area (Å²) in [6.45, 7) is 9.50. The molecule has 2 aliphatic heterocycles. The van der Waals surface area contributed by atoms with Crippen LogP contribution in [0.4, 0.5) is 5.82 Å². The van der Waals surface area contributed by atoms with Crippen LogP contribution < -0.4 is 4.90 Å². The van der Waals surface area contributed by atoms with Crippen LogP contribution >= 0.6 is 0 Å². The fourth-order valence-corrected chi connectivity index (χ4v) is 4.17.